The van der Waals surface area contributed by atoms with Gasteiger partial charge in [-0.3, -0.25) is 4.68 Å². The third kappa shape index (κ3) is 1.75. The Morgan fingerprint density at radius 3 is 2.94 bits per heavy atom. The van der Waals surface area contributed by atoms with Crippen molar-refractivity contribution in [3.8, 4) is 11.4 Å². The molecule has 0 saturated heterocycles. The van der Waals surface area contributed by atoms with Gasteiger partial charge in [-0.1, -0.05) is 0 Å². The van der Waals surface area contributed by atoms with Crippen LogP contribution in [0.15, 0.2) is 12.4 Å². The average molecular weight is 243 g/mol. The summed E-state index contributed by atoms with van der Waals surface area (Å²) in [5.74, 6) is 1.75. The second kappa shape index (κ2) is 4.40. The van der Waals surface area contributed by atoms with Crippen LogP contribution in [0.1, 0.15) is 24.6 Å². The zero-order valence-corrected chi connectivity index (χ0v) is 10.8. The van der Waals surface area contributed by atoms with Crippen molar-refractivity contribution in [1.82, 2.24) is 19.7 Å². The molecule has 0 fully saturated rings. The van der Waals surface area contributed by atoms with Crippen molar-refractivity contribution >= 4 is 5.82 Å². The van der Waals surface area contributed by atoms with Crippen LogP contribution < -0.4 is 5.32 Å². The van der Waals surface area contributed by atoms with Gasteiger partial charge in [-0.2, -0.15) is 5.10 Å². The molecule has 18 heavy (non-hydrogen) atoms. The van der Waals surface area contributed by atoms with Crippen LogP contribution in [0.3, 0.4) is 0 Å². The van der Waals surface area contributed by atoms with E-state index in [9.17, 15) is 0 Å². The Morgan fingerprint density at radius 2 is 2.22 bits per heavy atom. The summed E-state index contributed by atoms with van der Waals surface area (Å²) in [6, 6.07) is 0. The van der Waals surface area contributed by atoms with Gasteiger partial charge in [-0.05, 0) is 26.2 Å². The highest BCUT2D eigenvalue weighted by molar-refractivity contribution is 5.59. The van der Waals surface area contributed by atoms with Gasteiger partial charge in [0.15, 0.2) is 5.82 Å². The molecule has 0 amide bonds. The molecule has 2 heterocycles. The summed E-state index contributed by atoms with van der Waals surface area (Å²) >= 11 is 0. The van der Waals surface area contributed by atoms with Gasteiger partial charge in [0.1, 0.15) is 5.82 Å². The molecule has 3 rings (SSSR count). The first-order chi connectivity index (χ1) is 8.81. The number of hydrogen-bond donors (Lipinski definition) is 1. The maximum absolute atomic E-state index is 4.68. The molecule has 5 heteroatoms. The van der Waals surface area contributed by atoms with Crippen LogP contribution in [0, 0.1) is 0 Å². The number of aryl methyl sites for hydroxylation is 2. The number of hydrogen-bond acceptors (Lipinski definition) is 4. The number of fused-ring (bicyclic) bond motifs is 1. The minimum Gasteiger partial charge on any atom is -0.373 e. The van der Waals surface area contributed by atoms with Gasteiger partial charge in [0.25, 0.3) is 0 Å². The Balaban J connectivity index is 2.07. The van der Waals surface area contributed by atoms with Crippen molar-refractivity contribution in [3.05, 3.63) is 23.7 Å². The lowest BCUT2D eigenvalue weighted by molar-refractivity contribution is 0.660. The van der Waals surface area contributed by atoms with E-state index in [0.29, 0.717) is 0 Å². The highest BCUT2D eigenvalue weighted by Crippen LogP contribution is 2.28. The van der Waals surface area contributed by atoms with Crippen LogP contribution in [0.4, 0.5) is 5.82 Å². The summed E-state index contributed by atoms with van der Waals surface area (Å²) in [6.45, 7) is 2.93. The van der Waals surface area contributed by atoms with Crippen LogP contribution in [-0.2, 0) is 19.4 Å². The highest BCUT2D eigenvalue weighted by atomic mass is 15.3. The molecular formula is C13H17N5. The van der Waals surface area contributed by atoms with E-state index in [-0.39, 0.29) is 0 Å². The smallest absolute Gasteiger partial charge is 0.164 e. The first kappa shape index (κ1) is 11.2. The molecule has 0 bridgehead atoms. The molecule has 0 atom stereocenters. The summed E-state index contributed by atoms with van der Waals surface area (Å²) in [6.07, 6.45) is 7.15. The zero-order chi connectivity index (χ0) is 12.5. The Morgan fingerprint density at radius 1 is 1.33 bits per heavy atom. The van der Waals surface area contributed by atoms with Gasteiger partial charge in [0, 0.05) is 31.0 Å². The second-order valence-corrected chi connectivity index (χ2v) is 4.51. The normalized spacial score (nSPS) is 13.7. The molecule has 2 aromatic heterocycles. The molecule has 0 spiro atoms. The number of aromatic nitrogens is 4. The first-order valence-electron chi connectivity index (χ1n) is 6.42. The first-order valence-corrected chi connectivity index (χ1v) is 6.42. The Kier molecular flexibility index (Phi) is 2.74. The van der Waals surface area contributed by atoms with Gasteiger partial charge in [-0.25, -0.2) is 9.97 Å². The number of rotatable bonds is 3. The zero-order valence-electron chi connectivity index (χ0n) is 10.8. The fourth-order valence-electron chi connectivity index (χ4n) is 2.42. The van der Waals surface area contributed by atoms with Gasteiger partial charge in [0.05, 0.1) is 11.8 Å². The Bertz CT molecular complexity index is 573. The van der Waals surface area contributed by atoms with E-state index >= 15 is 0 Å². The fourth-order valence-corrected chi connectivity index (χ4v) is 2.42. The third-order valence-electron chi connectivity index (χ3n) is 3.39. The molecule has 1 N–H and O–H groups in total. The lowest BCUT2D eigenvalue weighted by Crippen LogP contribution is -2.03. The molecule has 0 aliphatic heterocycles. The average Bonchev–Trinajstić information content (AvgIpc) is 3.05. The van der Waals surface area contributed by atoms with E-state index in [2.05, 4.69) is 27.3 Å². The molecule has 5 nitrogen and oxygen atoms in total. The van der Waals surface area contributed by atoms with Crippen molar-refractivity contribution < 1.29 is 0 Å². The fraction of sp³-hybridized carbons (Fsp3) is 0.462. The Hall–Kier alpha value is -1.91. The van der Waals surface area contributed by atoms with Crippen LogP contribution in [0.2, 0.25) is 0 Å². The lowest BCUT2D eigenvalue weighted by atomic mass is 10.2. The number of nitrogens with one attached hydrogen (secondary N) is 1. The summed E-state index contributed by atoms with van der Waals surface area (Å²) in [4.78, 5) is 9.28. The second-order valence-electron chi connectivity index (χ2n) is 4.51. The Labute approximate surface area is 106 Å². The van der Waals surface area contributed by atoms with Crippen LogP contribution >= 0.6 is 0 Å². The van der Waals surface area contributed by atoms with Crippen molar-refractivity contribution in [1.29, 1.82) is 0 Å². The van der Waals surface area contributed by atoms with Gasteiger partial charge >= 0.3 is 0 Å². The maximum atomic E-state index is 4.68. The van der Waals surface area contributed by atoms with E-state index in [1.54, 1.807) is 0 Å². The minimum atomic E-state index is 0.778. The van der Waals surface area contributed by atoms with E-state index < -0.39 is 0 Å². The van der Waals surface area contributed by atoms with Crippen molar-refractivity contribution in [3.63, 3.8) is 0 Å². The summed E-state index contributed by atoms with van der Waals surface area (Å²) in [7, 11) is 1.92. The van der Waals surface area contributed by atoms with E-state index in [1.807, 2.05) is 24.1 Å². The third-order valence-corrected chi connectivity index (χ3v) is 3.39. The van der Waals surface area contributed by atoms with Crippen molar-refractivity contribution in [2.24, 2.45) is 0 Å². The standard InChI is InChI=1S/C13H17N5/c1-3-18-8-9(7-15-18)12-16-11-6-4-5-10(11)13(14-2)17-12/h7-8H,3-6H2,1-2H3,(H,14,16,17). The summed E-state index contributed by atoms with van der Waals surface area (Å²) < 4.78 is 1.89. The molecule has 1 aliphatic rings. The number of anilines is 1. The predicted molar refractivity (Wildman–Crippen MR) is 70.5 cm³/mol. The van der Waals surface area contributed by atoms with Crippen molar-refractivity contribution in [2.45, 2.75) is 32.7 Å². The lowest BCUT2D eigenvalue weighted by Gasteiger charge is -2.08. The molecule has 1 aliphatic carbocycles. The molecular weight excluding hydrogens is 226 g/mol. The SMILES string of the molecule is CCn1cc(-c2nc3c(c(NC)n2)CCC3)cn1. The quantitative estimate of drug-likeness (QED) is 0.894. The van der Waals surface area contributed by atoms with E-state index in [4.69, 9.17) is 0 Å². The van der Waals surface area contributed by atoms with Gasteiger partial charge in [-0.15, -0.1) is 0 Å². The van der Waals surface area contributed by atoms with Gasteiger partial charge < -0.3 is 5.32 Å². The monoisotopic (exact) mass is 243 g/mol. The minimum absolute atomic E-state index is 0.778. The summed E-state index contributed by atoms with van der Waals surface area (Å²) in [5, 5.41) is 7.46. The van der Waals surface area contributed by atoms with E-state index in [1.165, 1.54) is 17.7 Å². The maximum Gasteiger partial charge on any atom is 0.164 e. The predicted octanol–water partition coefficient (Wildman–Crippen LogP) is 1.89. The van der Waals surface area contributed by atoms with Crippen molar-refractivity contribution in [2.75, 3.05) is 12.4 Å². The van der Waals surface area contributed by atoms with Crippen LogP contribution in [-0.4, -0.2) is 26.8 Å². The molecule has 0 radical (unpaired) electrons. The molecule has 2 aromatic rings. The van der Waals surface area contributed by atoms with E-state index in [0.717, 1.165) is 36.6 Å². The largest absolute Gasteiger partial charge is 0.373 e. The molecule has 94 valence electrons. The van der Waals surface area contributed by atoms with Crippen LogP contribution in [0.25, 0.3) is 11.4 Å². The molecule has 0 aromatic carbocycles. The topological polar surface area (TPSA) is 55.6 Å². The number of nitrogens with zero attached hydrogens (tertiary/aromatic N) is 4. The summed E-state index contributed by atoms with van der Waals surface area (Å²) in [5.41, 5.74) is 3.46. The molecule has 0 unspecified atom stereocenters. The van der Waals surface area contributed by atoms with Crippen LogP contribution in [0.5, 0.6) is 0 Å². The highest BCUT2D eigenvalue weighted by Gasteiger charge is 2.19. The van der Waals surface area contributed by atoms with Gasteiger partial charge in [0.2, 0.25) is 0 Å². The molecule has 0 saturated carbocycles.